The van der Waals surface area contributed by atoms with Crippen LogP contribution in [0.1, 0.15) is 50.0 Å². The summed E-state index contributed by atoms with van der Waals surface area (Å²) in [5.74, 6) is -0.0233. The van der Waals surface area contributed by atoms with Gasteiger partial charge in [-0.1, -0.05) is 19.1 Å². The molecule has 1 saturated carbocycles. The third-order valence-electron chi connectivity index (χ3n) is 4.22. The number of carbonyl (C=O) groups is 1. The van der Waals surface area contributed by atoms with Crippen molar-refractivity contribution in [3.05, 3.63) is 10.3 Å². The second-order valence-corrected chi connectivity index (χ2v) is 6.80. The lowest BCUT2D eigenvalue weighted by molar-refractivity contribution is -0.0389. The van der Waals surface area contributed by atoms with Gasteiger partial charge in [-0.15, -0.1) is 5.10 Å². The zero-order valence-corrected chi connectivity index (χ0v) is 13.5. The van der Waals surface area contributed by atoms with Crippen molar-refractivity contribution >= 4 is 21.7 Å². The van der Waals surface area contributed by atoms with Crippen molar-refractivity contribution < 1.29 is 9.53 Å². The van der Waals surface area contributed by atoms with Gasteiger partial charge in [-0.25, -0.2) is 4.68 Å². The molecule has 0 unspecified atom stereocenters. The van der Waals surface area contributed by atoms with Gasteiger partial charge in [0, 0.05) is 14.2 Å². The number of ketones is 1. The van der Waals surface area contributed by atoms with Crippen molar-refractivity contribution in [2.45, 2.75) is 45.1 Å². The molecule has 0 amide bonds. The molecule has 1 aliphatic rings. The molecule has 106 valence electrons. The number of nitrogens with zero attached hydrogens (tertiary/aromatic N) is 3. The molecule has 5 nitrogen and oxygen atoms in total. The van der Waals surface area contributed by atoms with Crippen molar-refractivity contribution in [1.29, 1.82) is 0 Å². The van der Waals surface area contributed by atoms with E-state index >= 15 is 0 Å². The van der Waals surface area contributed by atoms with Gasteiger partial charge in [-0.2, -0.15) is 0 Å². The summed E-state index contributed by atoms with van der Waals surface area (Å²) in [6.45, 7) is 4.47. The molecule has 2 rings (SSSR count). The first-order valence-electron chi connectivity index (χ1n) is 6.46. The van der Waals surface area contributed by atoms with Gasteiger partial charge in [0.15, 0.2) is 4.60 Å². The van der Waals surface area contributed by atoms with Crippen LogP contribution in [0.25, 0.3) is 0 Å². The standard InChI is InChI=1S/C13H20BrN3O2/c1-12(2)5-7-13(19-4,8-6-12)10(18)9-11(14)15-16-17(9)3/h5-8H2,1-4H3. The van der Waals surface area contributed by atoms with Crippen LogP contribution in [0, 0.1) is 5.41 Å². The summed E-state index contributed by atoms with van der Waals surface area (Å²) in [6.07, 6.45) is 3.45. The first-order valence-corrected chi connectivity index (χ1v) is 7.26. The van der Waals surface area contributed by atoms with Crippen LogP contribution in [0.2, 0.25) is 0 Å². The minimum Gasteiger partial charge on any atom is -0.370 e. The van der Waals surface area contributed by atoms with Crippen LogP contribution >= 0.6 is 15.9 Å². The van der Waals surface area contributed by atoms with Gasteiger partial charge >= 0.3 is 0 Å². The quantitative estimate of drug-likeness (QED) is 0.800. The lowest BCUT2D eigenvalue weighted by Crippen LogP contribution is -2.46. The first-order chi connectivity index (χ1) is 8.81. The van der Waals surface area contributed by atoms with Crippen LogP contribution in [-0.4, -0.2) is 33.5 Å². The SMILES string of the molecule is COC1(C(=O)c2c(Br)nnn2C)CCC(C)(C)CC1. The van der Waals surface area contributed by atoms with Crippen molar-refractivity contribution in [2.24, 2.45) is 12.5 Å². The molecule has 0 N–H and O–H groups in total. The maximum absolute atomic E-state index is 12.8. The number of carbonyl (C=O) groups excluding carboxylic acids is 1. The number of halogens is 1. The molecule has 1 aliphatic carbocycles. The van der Waals surface area contributed by atoms with Gasteiger partial charge in [-0.05, 0) is 47.0 Å². The molecule has 6 heteroatoms. The largest absolute Gasteiger partial charge is 0.370 e. The second-order valence-electron chi connectivity index (χ2n) is 6.04. The molecule has 0 bridgehead atoms. The van der Waals surface area contributed by atoms with Crippen LogP contribution in [0.4, 0.5) is 0 Å². The Bertz CT molecular complexity index is 467. The lowest BCUT2D eigenvalue weighted by atomic mass is 9.69. The molecule has 0 spiro atoms. The van der Waals surface area contributed by atoms with E-state index in [9.17, 15) is 4.79 Å². The summed E-state index contributed by atoms with van der Waals surface area (Å²) in [6, 6.07) is 0. The molecule has 0 aromatic carbocycles. The number of Topliss-reactive ketones (excluding diaryl/α,β-unsaturated/α-hetero) is 1. The molecular weight excluding hydrogens is 310 g/mol. The Morgan fingerprint density at radius 1 is 1.32 bits per heavy atom. The normalized spacial score (nSPS) is 21.3. The Hall–Kier alpha value is -0.750. The molecule has 1 aromatic rings. The Morgan fingerprint density at radius 2 is 1.89 bits per heavy atom. The first kappa shape index (κ1) is 14.7. The predicted molar refractivity (Wildman–Crippen MR) is 75.0 cm³/mol. The average Bonchev–Trinajstić information content (AvgIpc) is 2.69. The third kappa shape index (κ3) is 2.60. The highest BCUT2D eigenvalue weighted by molar-refractivity contribution is 9.10. The number of rotatable bonds is 3. The Labute approximate surface area is 121 Å². The summed E-state index contributed by atoms with van der Waals surface area (Å²) in [5, 5.41) is 7.75. The minimum atomic E-state index is -0.729. The summed E-state index contributed by atoms with van der Waals surface area (Å²) < 4.78 is 7.62. The Balaban J connectivity index is 2.31. The summed E-state index contributed by atoms with van der Waals surface area (Å²) in [7, 11) is 3.34. The molecule has 0 radical (unpaired) electrons. The van der Waals surface area contributed by atoms with Crippen molar-refractivity contribution in [2.75, 3.05) is 7.11 Å². The van der Waals surface area contributed by atoms with Crippen molar-refractivity contribution in [3.8, 4) is 0 Å². The molecule has 1 heterocycles. The van der Waals surface area contributed by atoms with Gasteiger partial charge < -0.3 is 4.74 Å². The zero-order valence-electron chi connectivity index (χ0n) is 11.9. The lowest BCUT2D eigenvalue weighted by Gasteiger charge is -2.41. The summed E-state index contributed by atoms with van der Waals surface area (Å²) in [5.41, 5.74) is 0.0409. The second kappa shape index (κ2) is 4.98. The Kier molecular flexibility index (Phi) is 3.84. The monoisotopic (exact) mass is 329 g/mol. The number of aromatic nitrogens is 3. The van der Waals surface area contributed by atoms with Gasteiger partial charge in [0.1, 0.15) is 11.3 Å². The van der Waals surface area contributed by atoms with Crippen LogP contribution < -0.4 is 0 Å². The minimum absolute atomic E-state index is 0.0233. The van der Waals surface area contributed by atoms with E-state index in [2.05, 4.69) is 40.1 Å². The highest BCUT2D eigenvalue weighted by atomic mass is 79.9. The third-order valence-corrected chi connectivity index (χ3v) is 4.75. The highest BCUT2D eigenvalue weighted by Crippen LogP contribution is 2.43. The van der Waals surface area contributed by atoms with Gasteiger partial charge in [0.25, 0.3) is 0 Å². The van der Waals surface area contributed by atoms with Gasteiger partial charge in [-0.3, -0.25) is 4.79 Å². The predicted octanol–water partition coefficient (Wildman–Crippen LogP) is 2.75. The topological polar surface area (TPSA) is 57.0 Å². The van der Waals surface area contributed by atoms with Gasteiger partial charge in [0.2, 0.25) is 5.78 Å². The van der Waals surface area contributed by atoms with E-state index in [0.29, 0.717) is 10.3 Å². The molecular formula is C13H20BrN3O2. The fraction of sp³-hybridized carbons (Fsp3) is 0.769. The van der Waals surface area contributed by atoms with Crippen LogP contribution in [0.5, 0.6) is 0 Å². The number of hydrogen-bond acceptors (Lipinski definition) is 4. The van der Waals surface area contributed by atoms with E-state index < -0.39 is 5.60 Å². The smallest absolute Gasteiger partial charge is 0.215 e. The van der Waals surface area contributed by atoms with E-state index in [0.717, 1.165) is 25.7 Å². The van der Waals surface area contributed by atoms with E-state index in [1.54, 1.807) is 14.2 Å². The molecule has 0 saturated heterocycles. The molecule has 19 heavy (non-hydrogen) atoms. The molecule has 1 aromatic heterocycles. The number of aryl methyl sites for hydroxylation is 1. The fourth-order valence-electron chi connectivity index (χ4n) is 2.64. The average molecular weight is 330 g/mol. The van der Waals surface area contributed by atoms with E-state index in [4.69, 9.17) is 4.74 Å². The maximum atomic E-state index is 12.8. The molecule has 0 aliphatic heterocycles. The van der Waals surface area contributed by atoms with Crippen LogP contribution in [0.15, 0.2) is 4.60 Å². The number of methoxy groups -OCH3 is 1. The summed E-state index contributed by atoms with van der Waals surface area (Å²) >= 11 is 3.29. The van der Waals surface area contributed by atoms with E-state index in [-0.39, 0.29) is 11.2 Å². The van der Waals surface area contributed by atoms with Crippen molar-refractivity contribution in [3.63, 3.8) is 0 Å². The summed E-state index contributed by atoms with van der Waals surface area (Å²) in [4.78, 5) is 12.8. The van der Waals surface area contributed by atoms with Crippen molar-refractivity contribution in [1.82, 2.24) is 15.0 Å². The molecule has 1 fully saturated rings. The van der Waals surface area contributed by atoms with Crippen LogP contribution in [-0.2, 0) is 11.8 Å². The Morgan fingerprint density at radius 3 is 2.32 bits per heavy atom. The van der Waals surface area contributed by atoms with E-state index in [1.807, 2.05) is 0 Å². The highest BCUT2D eigenvalue weighted by Gasteiger charge is 2.46. The van der Waals surface area contributed by atoms with Gasteiger partial charge in [0.05, 0.1) is 0 Å². The zero-order chi connectivity index (χ0) is 14.3. The maximum Gasteiger partial charge on any atom is 0.215 e. The van der Waals surface area contributed by atoms with E-state index in [1.165, 1.54) is 4.68 Å². The number of hydrogen-bond donors (Lipinski definition) is 0. The fourth-order valence-corrected chi connectivity index (χ4v) is 3.15. The van der Waals surface area contributed by atoms with Crippen LogP contribution in [0.3, 0.4) is 0 Å². The number of ether oxygens (including phenoxy) is 1. The molecule has 0 atom stereocenters.